The number of ether oxygens (including phenoxy) is 2. The number of aryl methyl sites for hydroxylation is 1. The fourth-order valence-corrected chi connectivity index (χ4v) is 6.24. The van der Waals surface area contributed by atoms with Crippen molar-refractivity contribution >= 4 is 27.8 Å². The molecule has 0 amide bonds. The molecule has 7 nitrogen and oxygen atoms in total. The molecule has 6 rings (SSSR count). The molecule has 6 aromatic rings. The minimum absolute atomic E-state index is 0.122. The molecule has 2 N–H and O–H groups in total. The lowest BCUT2D eigenvalue weighted by Crippen LogP contribution is -2.25. The molecule has 2 aromatic heterocycles. The van der Waals surface area contributed by atoms with Gasteiger partial charge in [-0.1, -0.05) is 42.5 Å². The van der Waals surface area contributed by atoms with Crippen molar-refractivity contribution in [2.75, 3.05) is 6.61 Å². The maximum Gasteiger partial charge on any atom is 0.573 e. The molecule has 0 spiro atoms. The van der Waals surface area contributed by atoms with Gasteiger partial charge in [0, 0.05) is 35.5 Å². The minimum Gasteiger partial charge on any atom is -0.507 e. The first-order chi connectivity index (χ1) is 24.8. The summed E-state index contributed by atoms with van der Waals surface area (Å²) in [5, 5.41) is 12.4. The lowest BCUT2D eigenvalue weighted by molar-refractivity contribution is -0.274. The van der Waals surface area contributed by atoms with Gasteiger partial charge < -0.3 is 24.1 Å². The van der Waals surface area contributed by atoms with Crippen LogP contribution in [0.15, 0.2) is 95.8 Å². The molecule has 0 radical (unpaired) electrons. The number of H-pyrrole nitrogens is 1. The second-order valence-electron chi connectivity index (χ2n) is 11.9. The second-order valence-corrected chi connectivity index (χ2v) is 11.9. The lowest BCUT2D eigenvalue weighted by Gasteiger charge is -2.22. The number of esters is 1. The van der Waals surface area contributed by atoms with Gasteiger partial charge in [0.2, 0.25) is 0 Å². The Morgan fingerprint density at radius 1 is 0.811 bits per heavy atom. The van der Waals surface area contributed by atoms with Gasteiger partial charge >= 0.3 is 24.7 Å². The summed E-state index contributed by atoms with van der Waals surface area (Å²) >= 11 is 0. The van der Waals surface area contributed by atoms with E-state index >= 15 is 0 Å². The van der Waals surface area contributed by atoms with Crippen LogP contribution >= 0.6 is 0 Å². The Morgan fingerprint density at radius 3 is 2.00 bits per heavy atom. The first-order valence-corrected chi connectivity index (χ1v) is 15.6. The lowest BCUT2D eigenvalue weighted by atomic mass is 9.85. The molecule has 0 aliphatic carbocycles. The van der Waals surface area contributed by atoms with Crippen LogP contribution in [0.4, 0.5) is 39.5 Å². The number of halogens is 9. The number of aromatic nitrogens is 2. The van der Waals surface area contributed by atoms with E-state index in [-0.39, 0.29) is 46.8 Å². The third kappa shape index (κ3) is 7.52. The van der Waals surface area contributed by atoms with Gasteiger partial charge in [-0.3, -0.25) is 4.79 Å². The van der Waals surface area contributed by atoms with Gasteiger partial charge in [-0.15, -0.1) is 13.2 Å². The number of hydrogen-bond donors (Lipinski definition) is 2. The van der Waals surface area contributed by atoms with Crippen LogP contribution < -0.4 is 10.3 Å². The Hall–Kier alpha value is -5.93. The summed E-state index contributed by atoms with van der Waals surface area (Å²) in [4.78, 5) is 30.1. The number of benzene rings is 4. The Kier molecular flexibility index (Phi) is 9.43. The first-order valence-electron chi connectivity index (χ1n) is 15.6. The minimum atomic E-state index is -5.20. The summed E-state index contributed by atoms with van der Waals surface area (Å²) in [5.74, 6) is -3.68. The fraction of sp³-hybridized carbons (Fsp3) is 0.189. The Balaban J connectivity index is 1.45. The van der Waals surface area contributed by atoms with Gasteiger partial charge in [-0.25, -0.2) is 4.79 Å². The van der Waals surface area contributed by atoms with E-state index in [0.717, 1.165) is 12.1 Å². The van der Waals surface area contributed by atoms with E-state index in [9.17, 15) is 54.2 Å². The maximum atomic E-state index is 14.0. The van der Waals surface area contributed by atoms with Gasteiger partial charge in [0.25, 0.3) is 5.56 Å². The van der Waals surface area contributed by atoms with Crippen LogP contribution in [0.3, 0.4) is 0 Å². The monoisotopic (exact) mass is 748 g/mol. The average molecular weight is 749 g/mol. The highest BCUT2D eigenvalue weighted by atomic mass is 19.4. The SMILES string of the molecule is Cn1c(=O)c(C(c2ccc(OC(F)(F)F)cc2)c2[nH]c3ccccc3c2CCOC(=O)c2cc(C(F)(F)F)cc(C(F)(F)F)c2)c(O)c2ccccc21. The zero-order valence-corrected chi connectivity index (χ0v) is 27.1. The number of aromatic hydroxyl groups is 1. The number of fused-ring (bicyclic) bond motifs is 2. The Bertz CT molecular complexity index is 2360. The second kappa shape index (κ2) is 13.6. The molecule has 276 valence electrons. The first kappa shape index (κ1) is 36.8. The number of carbonyl (C=O) groups is 1. The molecule has 0 bridgehead atoms. The molecule has 0 saturated heterocycles. The van der Waals surface area contributed by atoms with E-state index in [4.69, 9.17) is 4.74 Å². The average Bonchev–Trinajstić information content (AvgIpc) is 3.45. The van der Waals surface area contributed by atoms with Crippen molar-refractivity contribution in [3.63, 3.8) is 0 Å². The molecule has 0 fully saturated rings. The largest absolute Gasteiger partial charge is 0.573 e. The van der Waals surface area contributed by atoms with Crippen molar-refractivity contribution < 1.29 is 58.9 Å². The van der Waals surface area contributed by atoms with Crippen LogP contribution in [0, 0.1) is 0 Å². The van der Waals surface area contributed by atoms with Crippen LogP contribution in [0.1, 0.15) is 49.8 Å². The summed E-state index contributed by atoms with van der Waals surface area (Å²) in [7, 11) is 1.47. The highest BCUT2D eigenvalue weighted by Crippen LogP contribution is 2.42. The Morgan fingerprint density at radius 2 is 1.40 bits per heavy atom. The van der Waals surface area contributed by atoms with Crippen LogP contribution in [-0.2, 0) is 30.6 Å². The highest BCUT2D eigenvalue weighted by Gasteiger charge is 2.38. The number of pyridine rings is 1. The van der Waals surface area contributed by atoms with E-state index in [1.807, 2.05) is 0 Å². The number of para-hydroxylation sites is 2. The van der Waals surface area contributed by atoms with Gasteiger partial charge in [0.05, 0.1) is 40.3 Å². The van der Waals surface area contributed by atoms with E-state index in [1.54, 1.807) is 48.5 Å². The molecule has 53 heavy (non-hydrogen) atoms. The van der Waals surface area contributed by atoms with E-state index in [2.05, 4.69) is 9.72 Å². The van der Waals surface area contributed by atoms with Crippen molar-refractivity contribution in [3.8, 4) is 11.5 Å². The predicted molar refractivity (Wildman–Crippen MR) is 174 cm³/mol. The molecule has 2 heterocycles. The molecule has 0 saturated carbocycles. The van der Waals surface area contributed by atoms with Gasteiger partial charge in [-0.2, -0.15) is 26.3 Å². The summed E-state index contributed by atoms with van der Waals surface area (Å²) in [6, 6.07) is 18.0. The van der Waals surface area contributed by atoms with Crippen molar-refractivity contribution in [1.82, 2.24) is 9.55 Å². The van der Waals surface area contributed by atoms with Crippen molar-refractivity contribution in [2.45, 2.75) is 31.1 Å². The van der Waals surface area contributed by atoms with Gasteiger partial charge in [0.15, 0.2) is 0 Å². The normalized spacial score (nSPS) is 13.0. The number of nitrogens with one attached hydrogen (secondary N) is 1. The van der Waals surface area contributed by atoms with E-state index in [1.165, 1.54) is 23.7 Å². The van der Waals surface area contributed by atoms with Crippen LogP contribution in [0.25, 0.3) is 21.8 Å². The maximum absolute atomic E-state index is 14.0. The van der Waals surface area contributed by atoms with Gasteiger partial charge in [0.1, 0.15) is 11.5 Å². The molecular formula is C37H25F9N2O5. The number of carbonyl (C=O) groups excluding carboxylic acids is 1. The zero-order chi connectivity index (χ0) is 38.5. The van der Waals surface area contributed by atoms with Crippen molar-refractivity contribution in [1.29, 1.82) is 0 Å². The molecule has 0 aliphatic heterocycles. The zero-order valence-electron chi connectivity index (χ0n) is 27.1. The van der Waals surface area contributed by atoms with E-state index < -0.39 is 71.0 Å². The third-order valence-electron chi connectivity index (χ3n) is 8.59. The summed E-state index contributed by atoms with van der Waals surface area (Å²) in [6.07, 6.45) is -15.6. The van der Waals surface area contributed by atoms with Crippen molar-refractivity contribution in [2.24, 2.45) is 7.05 Å². The van der Waals surface area contributed by atoms with Gasteiger partial charge in [-0.05, 0) is 59.7 Å². The van der Waals surface area contributed by atoms with Crippen LogP contribution in [0.2, 0.25) is 0 Å². The number of alkyl halides is 9. The fourth-order valence-electron chi connectivity index (χ4n) is 6.24. The van der Waals surface area contributed by atoms with Crippen molar-refractivity contribution in [3.05, 3.63) is 140 Å². The number of aromatic amines is 1. The van der Waals surface area contributed by atoms with Crippen LogP contribution in [-0.4, -0.2) is 33.6 Å². The Labute approximate surface area is 292 Å². The standard InChI is InChI=1S/C37H25F9N2O5/c1-48-28-9-5-3-7-26(28)32(49)30(33(48)50)29(19-10-12-23(13-11-19)53-37(44,45)46)31-25(24-6-2-4-8-27(24)47-31)14-15-52-34(51)20-16-21(35(38,39)40)18-22(17-20)36(41,42)43/h2-13,16-18,29,47,49H,14-15H2,1H3. The quantitative estimate of drug-likeness (QED) is 0.120. The van der Waals surface area contributed by atoms with E-state index in [0.29, 0.717) is 22.0 Å². The molecular weight excluding hydrogens is 723 g/mol. The number of nitrogens with zero attached hydrogens (tertiary/aromatic N) is 1. The number of rotatable bonds is 8. The molecule has 4 aromatic carbocycles. The molecule has 16 heteroatoms. The molecule has 1 atom stereocenters. The smallest absolute Gasteiger partial charge is 0.507 e. The topological polar surface area (TPSA) is 93.5 Å². The molecule has 0 aliphatic rings. The summed E-state index contributed by atoms with van der Waals surface area (Å²) < 4.78 is 130. The third-order valence-corrected chi connectivity index (χ3v) is 8.59. The highest BCUT2D eigenvalue weighted by molar-refractivity contribution is 5.90. The molecule has 1 unspecified atom stereocenters. The summed E-state index contributed by atoms with van der Waals surface area (Å²) in [5.41, 5.74) is -3.57. The predicted octanol–water partition coefficient (Wildman–Crippen LogP) is 9.24. The van der Waals surface area contributed by atoms with Crippen LogP contribution in [0.5, 0.6) is 11.5 Å². The number of hydrogen-bond acceptors (Lipinski definition) is 5. The summed E-state index contributed by atoms with van der Waals surface area (Å²) in [6.45, 7) is -0.571.